The molecule has 0 bridgehead atoms. The molecule has 0 aromatic heterocycles. The van der Waals surface area contributed by atoms with E-state index in [1.165, 1.54) is 4.90 Å². The molecule has 4 amide bonds. The lowest BCUT2D eigenvalue weighted by molar-refractivity contribution is -0.139. The summed E-state index contributed by atoms with van der Waals surface area (Å²) in [7, 11) is 0. The number of nitrogens with one attached hydrogen (secondary N) is 2. The second-order valence-corrected chi connectivity index (χ2v) is 9.56. The Morgan fingerprint density at radius 3 is 2.51 bits per heavy atom. The van der Waals surface area contributed by atoms with Crippen molar-refractivity contribution >= 4 is 29.5 Å². The van der Waals surface area contributed by atoms with Gasteiger partial charge in [-0.15, -0.1) is 0 Å². The largest absolute Gasteiger partial charge is 0.445 e. The Bertz CT molecular complexity index is 1140. The van der Waals surface area contributed by atoms with Gasteiger partial charge >= 0.3 is 6.09 Å². The number of alkyl carbamates (subject to hydrolysis) is 1. The smallest absolute Gasteiger partial charge is 0.408 e. The quantitative estimate of drug-likeness (QED) is 0.562. The molecule has 2 aromatic carbocycles. The van der Waals surface area contributed by atoms with Gasteiger partial charge < -0.3 is 26.0 Å². The molecule has 2 aliphatic rings. The van der Waals surface area contributed by atoms with Crippen molar-refractivity contribution in [2.45, 2.75) is 50.8 Å². The fraction of sp³-hybridized carbons (Fsp3) is 0.385. The van der Waals surface area contributed by atoms with Crippen molar-refractivity contribution in [2.24, 2.45) is 11.7 Å². The van der Waals surface area contributed by atoms with Crippen LogP contribution in [0.5, 0.6) is 0 Å². The van der Waals surface area contributed by atoms with E-state index in [1.807, 2.05) is 62.4 Å². The summed E-state index contributed by atoms with van der Waals surface area (Å²) >= 11 is 0. The lowest BCUT2D eigenvalue weighted by Crippen LogP contribution is -2.53. The molecule has 3 atom stereocenters. The molecular formula is C26H30N4O5. The van der Waals surface area contributed by atoms with Crippen LogP contribution in [0, 0.1) is 5.92 Å². The summed E-state index contributed by atoms with van der Waals surface area (Å²) in [5, 5.41) is 5.52. The molecule has 2 heterocycles. The van der Waals surface area contributed by atoms with Crippen LogP contribution in [0.15, 0.2) is 54.6 Å². The monoisotopic (exact) mass is 478 g/mol. The number of amides is 4. The highest BCUT2D eigenvalue weighted by Crippen LogP contribution is 2.46. The van der Waals surface area contributed by atoms with Crippen LogP contribution in [0.3, 0.4) is 0 Å². The summed E-state index contributed by atoms with van der Waals surface area (Å²) in [4.78, 5) is 53.0. The maximum atomic E-state index is 13.7. The van der Waals surface area contributed by atoms with Crippen molar-refractivity contribution < 1.29 is 23.9 Å². The number of ether oxygens (including phenoxy) is 1. The van der Waals surface area contributed by atoms with Crippen LogP contribution in [0.4, 0.5) is 10.5 Å². The zero-order valence-corrected chi connectivity index (χ0v) is 19.8. The molecule has 2 aromatic rings. The van der Waals surface area contributed by atoms with Crippen LogP contribution in [0.2, 0.25) is 0 Å². The zero-order valence-electron chi connectivity index (χ0n) is 19.8. The van der Waals surface area contributed by atoms with Gasteiger partial charge in [0.25, 0.3) is 0 Å². The van der Waals surface area contributed by atoms with Crippen molar-refractivity contribution in [3.05, 3.63) is 65.7 Å². The molecule has 4 N–H and O–H groups in total. The summed E-state index contributed by atoms with van der Waals surface area (Å²) in [5.41, 5.74) is 6.83. The van der Waals surface area contributed by atoms with Gasteiger partial charge in [-0.1, -0.05) is 62.4 Å². The average molecular weight is 479 g/mol. The Morgan fingerprint density at radius 2 is 1.83 bits per heavy atom. The lowest BCUT2D eigenvalue weighted by Gasteiger charge is -2.29. The minimum atomic E-state index is -1.07. The number of hydrogen-bond donors (Lipinski definition) is 3. The van der Waals surface area contributed by atoms with Crippen LogP contribution < -0.4 is 16.4 Å². The van der Waals surface area contributed by atoms with Gasteiger partial charge in [-0.25, -0.2) is 4.79 Å². The number of carbonyl (C=O) groups is 4. The van der Waals surface area contributed by atoms with Crippen LogP contribution in [0.1, 0.15) is 37.8 Å². The number of likely N-dealkylation sites (tertiary alicyclic amines) is 1. The van der Waals surface area contributed by atoms with Gasteiger partial charge in [0.05, 0.1) is 5.41 Å². The summed E-state index contributed by atoms with van der Waals surface area (Å²) in [6.07, 6.45) is -0.317. The third-order valence-corrected chi connectivity index (χ3v) is 6.61. The van der Waals surface area contributed by atoms with Crippen molar-refractivity contribution in [3.63, 3.8) is 0 Å². The molecule has 1 unspecified atom stereocenters. The number of rotatable bonds is 7. The first-order valence-corrected chi connectivity index (χ1v) is 11.7. The van der Waals surface area contributed by atoms with E-state index in [0.717, 1.165) is 11.1 Å². The molecule has 0 aliphatic carbocycles. The number of carbonyl (C=O) groups excluding carboxylic acids is 4. The number of anilines is 1. The van der Waals surface area contributed by atoms with Crippen molar-refractivity contribution in [1.29, 1.82) is 0 Å². The van der Waals surface area contributed by atoms with Crippen molar-refractivity contribution in [3.8, 4) is 0 Å². The van der Waals surface area contributed by atoms with Crippen molar-refractivity contribution in [2.75, 3.05) is 11.9 Å². The standard InChI is InChI=1S/C26H30N4O5/c1-16(2)12-20(29-25(34)35-14-17-8-4-3-5-9-17)23(32)30-15-26(13-21(30)22(27)31)18-10-6-7-11-19(18)28-24(26)33/h3-11,16,20-21H,12-15H2,1-2H3,(H2,27,31)(H,28,33)(H,29,34)/t20?,21-,26-/m0/s1. The summed E-state index contributed by atoms with van der Waals surface area (Å²) in [5.74, 6) is -1.36. The molecular weight excluding hydrogens is 448 g/mol. The van der Waals surface area contributed by atoms with Gasteiger partial charge in [-0.05, 0) is 36.0 Å². The maximum Gasteiger partial charge on any atom is 0.408 e. The topological polar surface area (TPSA) is 131 Å². The average Bonchev–Trinajstić information content (AvgIpc) is 3.36. The van der Waals surface area contributed by atoms with Gasteiger partial charge in [-0.2, -0.15) is 0 Å². The zero-order chi connectivity index (χ0) is 25.2. The Labute approximate surface area is 204 Å². The highest BCUT2D eigenvalue weighted by molar-refractivity contribution is 6.08. The third kappa shape index (κ3) is 4.84. The predicted molar refractivity (Wildman–Crippen MR) is 129 cm³/mol. The highest BCUT2D eigenvalue weighted by Gasteiger charge is 2.57. The van der Waals surface area contributed by atoms with Crippen LogP contribution in [-0.4, -0.2) is 47.3 Å². The molecule has 4 rings (SSSR count). The van der Waals surface area contributed by atoms with Crippen LogP contribution in [-0.2, 0) is 31.1 Å². The Morgan fingerprint density at radius 1 is 1.14 bits per heavy atom. The van der Waals surface area contributed by atoms with E-state index >= 15 is 0 Å². The van der Waals surface area contributed by atoms with Crippen LogP contribution in [0.25, 0.3) is 0 Å². The number of fused-ring (bicyclic) bond motifs is 2. The molecule has 35 heavy (non-hydrogen) atoms. The molecule has 0 saturated carbocycles. The van der Waals surface area contributed by atoms with E-state index in [-0.39, 0.29) is 31.4 Å². The molecule has 2 aliphatic heterocycles. The Kier molecular flexibility index (Phi) is 6.77. The van der Waals surface area contributed by atoms with Gasteiger partial charge in [0.1, 0.15) is 18.7 Å². The molecule has 9 heteroatoms. The lowest BCUT2D eigenvalue weighted by atomic mass is 9.79. The number of para-hydroxylation sites is 1. The molecule has 0 radical (unpaired) electrons. The number of hydrogen-bond acceptors (Lipinski definition) is 5. The van der Waals surface area contributed by atoms with E-state index in [9.17, 15) is 19.2 Å². The molecule has 9 nitrogen and oxygen atoms in total. The van der Waals surface area contributed by atoms with E-state index in [1.54, 1.807) is 6.07 Å². The fourth-order valence-electron chi connectivity index (χ4n) is 4.92. The third-order valence-electron chi connectivity index (χ3n) is 6.61. The number of primary amides is 1. The maximum absolute atomic E-state index is 13.7. The van der Waals surface area contributed by atoms with Gasteiger partial charge in [0, 0.05) is 12.2 Å². The number of nitrogens with two attached hydrogens (primary N) is 1. The minimum absolute atomic E-state index is 0.00236. The predicted octanol–water partition coefficient (Wildman–Crippen LogP) is 2.30. The van der Waals surface area contributed by atoms with Crippen LogP contribution >= 0.6 is 0 Å². The Balaban J connectivity index is 1.54. The molecule has 184 valence electrons. The first-order chi connectivity index (χ1) is 16.7. The summed E-state index contributed by atoms with van der Waals surface area (Å²) in [6.45, 7) is 3.91. The van der Waals surface area contributed by atoms with Crippen molar-refractivity contribution in [1.82, 2.24) is 10.2 Å². The molecule has 1 spiro atoms. The first-order valence-electron chi connectivity index (χ1n) is 11.7. The van der Waals surface area contributed by atoms with Gasteiger partial charge in [-0.3, -0.25) is 14.4 Å². The second-order valence-electron chi connectivity index (χ2n) is 9.56. The Hall–Kier alpha value is -3.88. The van der Waals surface area contributed by atoms with E-state index in [2.05, 4.69) is 10.6 Å². The van der Waals surface area contributed by atoms with E-state index in [0.29, 0.717) is 12.1 Å². The van der Waals surface area contributed by atoms with E-state index in [4.69, 9.17) is 10.5 Å². The normalized spacial score (nSPS) is 21.5. The van der Waals surface area contributed by atoms with Gasteiger partial charge in [0.15, 0.2) is 0 Å². The highest BCUT2D eigenvalue weighted by atomic mass is 16.5. The summed E-state index contributed by atoms with van der Waals surface area (Å²) < 4.78 is 5.31. The number of benzene rings is 2. The summed E-state index contributed by atoms with van der Waals surface area (Å²) in [6, 6.07) is 14.5. The fourth-order valence-corrected chi connectivity index (χ4v) is 4.92. The van der Waals surface area contributed by atoms with Gasteiger partial charge in [0.2, 0.25) is 17.7 Å². The second kappa shape index (κ2) is 9.77. The molecule has 1 fully saturated rings. The first kappa shape index (κ1) is 24.3. The minimum Gasteiger partial charge on any atom is -0.445 e. The number of nitrogens with zero attached hydrogens (tertiary/aromatic N) is 1. The van der Waals surface area contributed by atoms with E-state index < -0.39 is 35.4 Å². The molecule has 1 saturated heterocycles. The SMILES string of the molecule is CC(C)CC(NC(=O)OCc1ccccc1)C(=O)N1C[C@]2(C[C@H]1C(N)=O)C(=O)Nc1ccccc12.